The van der Waals surface area contributed by atoms with Gasteiger partial charge in [0.05, 0.1) is 10.6 Å². The zero-order valence-corrected chi connectivity index (χ0v) is 9.42. The number of rotatable bonds is 4. The number of aliphatic hydroxyl groups is 1. The molecule has 7 heteroatoms. The van der Waals surface area contributed by atoms with Gasteiger partial charge in [0.15, 0.2) is 0 Å². The predicted molar refractivity (Wildman–Crippen MR) is 57.0 cm³/mol. The molecule has 3 N–H and O–H groups in total. The first-order valence-corrected chi connectivity index (χ1v) is 5.10. The van der Waals surface area contributed by atoms with Crippen LogP contribution in [0.4, 0.5) is 13.2 Å². The fourth-order valence-corrected chi connectivity index (χ4v) is 1.22. The topological polar surface area (TPSA) is 55.5 Å². The van der Waals surface area contributed by atoms with Gasteiger partial charge in [-0.2, -0.15) is 13.2 Å². The Labute approximate surface area is 101 Å². The quantitative estimate of drug-likeness (QED) is 0.880. The Morgan fingerprint density at radius 3 is 2.59 bits per heavy atom. The highest BCUT2D eigenvalue weighted by Crippen LogP contribution is 2.34. The average molecular weight is 270 g/mol. The highest BCUT2D eigenvalue weighted by molar-refractivity contribution is 6.32. The minimum atomic E-state index is -4.46. The Hall–Kier alpha value is -0.980. The molecule has 0 fully saturated rings. The van der Waals surface area contributed by atoms with E-state index in [0.29, 0.717) is 0 Å². The van der Waals surface area contributed by atoms with Crippen LogP contribution in [0.25, 0.3) is 0 Å². The number of aliphatic hydroxyl groups excluding tert-OH is 1. The fraction of sp³-hybridized carbons (Fsp3) is 0.400. The highest BCUT2D eigenvalue weighted by atomic mass is 35.5. The van der Waals surface area contributed by atoms with Crippen molar-refractivity contribution in [2.75, 3.05) is 13.2 Å². The molecule has 0 saturated heterocycles. The highest BCUT2D eigenvalue weighted by Gasteiger charge is 2.31. The molecule has 0 heterocycles. The molecule has 0 spiro atoms. The Morgan fingerprint density at radius 2 is 2.06 bits per heavy atom. The van der Waals surface area contributed by atoms with E-state index in [2.05, 4.69) is 0 Å². The third-order valence-corrected chi connectivity index (χ3v) is 2.27. The van der Waals surface area contributed by atoms with Crippen molar-refractivity contribution in [1.82, 2.24) is 0 Å². The molecule has 1 rings (SSSR count). The summed E-state index contributed by atoms with van der Waals surface area (Å²) < 4.78 is 42.2. The molecule has 17 heavy (non-hydrogen) atoms. The maximum Gasteiger partial charge on any atom is 0.416 e. The van der Waals surface area contributed by atoms with Gasteiger partial charge in [-0.05, 0) is 18.2 Å². The van der Waals surface area contributed by atoms with Crippen LogP contribution in [0, 0.1) is 0 Å². The zero-order valence-electron chi connectivity index (χ0n) is 8.67. The number of halogens is 4. The van der Waals surface area contributed by atoms with Gasteiger partial charge in [-0.1, -0.05) is 11.6 Å². The molecule has 3 nitrogen and oxygen atoms in total. The first kappa shape index (κ1) is 14.1. The maximum atomic E-state index is 12.4. The second-order valence-corrected chi connectivity index (χ2v) is 3.75. The molecule has 0 radical (unpaired) electrons. The molecule has 0 aliphatic carbocycles. The van der Waals surface area contributed by atoms with Crippen LogP contribution in [-0.4, -0.2) is 24.4 Å². The molecule has 1 aromatic carbocycles. The van der Waals surface area contributed by atoms with Crippen LogP contribution in [0.1, 0.15) is 5.56 Å². The van der Waals surface area contributed by atoms with Gasteiger partial charge in [0.2, 0.25) is 0 Å². The molecular formula is C10H11ClF3NO2. The molecular weight excluding hydrogens is 259 g/mol. The van der Waals surface area contributed by atoms with Crippen molar-refractivity contribution in [3.05, 3.63) is 28.8 Å². The molecule has 0 bridgehead atoms. The van der Waals surface area contributed by atoms with Crippen molar-refractivity contribution in [3.8, 4) is 5.75 Å². The molecule has 0 aromatic heterocycles. The second-order valence-electron chi connectivity index (χ2n) is 3.34. The van der Waals surface area contributed by atoms with Crippen LogP contribution in [0.5, 0.6) is 5.75 Å². The van der Waals surface area contributed by atoms with Crippen molar-refractivity contribution in [2.45, 2.75) is 12.3 Å². The molecule has 0 unspecified atom stereocenters. The lowest BCUT2D eigenvalue weighted by atomic mass is 10.2. The summed E-state index contributed by atoms with van der Waals surface area (Å²) in [6.07, 6.45) is -5.41. The van der Waals surface area contributed by atoms with Gasteiger partial charge in [-0.15, -0.1) is 0 Å². The van der Waals surface area contributed by atoms with Crippen LogP contribution >= 0.6 is 11.6 Å². The van der Waals surface area contributed by atoms with Crippen LogP contribution < -0.4 is 10.5 Å². The van der Waals surface area contributed by atoms with E-state index in [1.54, 1.807) is 0 Å². The minimum absolute atomic E-state index is 0.0437. The largest absolute Gasteiger partial charge is 0.489 e. The molecule has 0 amide bonds. The Balaban J connectivity index is 2.84. The third kappa shape index (κ3) is 4.07. The van der Waals surface area contributed by atoms with Crippen LogP contribution in [0.15, 0.2) is 18.2 Å². The van der Waals surface area contributed by atoms with E-state index >= 15 is 0 Å². The van der Waals surface area contributed by atoms with Crippen LogP contribution in [-0.2, 0) is 6.18 Å². The molecule has 1 aromatic rings. The minimum Gasteiger partial charge on any atom is -0.489 e. The Morgan fingerprint density at radius 1 is 1.41 bits per heavy atom. The average Bonchev–Trinajstić information content (AvgIpc) is 2.26. The Kier molecular flexibility index (Phi) is 4.62. The van der Waals surface area contributed by atoms with Gasteiger partial charge in [0.25, 0.3) is 0 Å². The van der Waals surface area contributed by atoms with Gasteiger partial charge in [0.1, 0.15) is 18.5 Å². The van der Waals surface area contributed by atoms with Gasteiger partial charge >= 0.3 is 6.18 Å². The lowest BCUT2D eigenvalue weighted by molar-refractivity contribution is -0.137. The molecule has 96 valence electrons. The van der Waals surface area contributed by atoms with Gasteiger partial charge in [-0.3, -0.25) is 0 Å². The van der Waals surface area contributed by atoms with Gasteiger partial charge < -0.3 is 15.6 Å². The molecule has 0 saturated carbocycles. The molecule has 1 atom stereocenters. The summed E-state index contributed by atoms with van der Waals surface area (Å²) in [6, 6.07) is 2.73. The number of benzene rings is 1. The number of nitrogens with two attached hydrogens (primary N) is 1. The summed E-state index contributed by atoms with van der Waals surface area (Å²) in [4.78, 5) is 0. The molecule has 0 aliphatic rings. The standard InChI is InChI=1S/C10H11ClF3NO2/c11-8-2-1-6(10(12,13)14)3-9(8)17-5-7(16)4-15/h1-3,7,16H,4-5,15H2/t7-/m1/s1. The second kappa shape index (κ2) is 5.57. The monoisotopic (exact) mass is 269 g/mol. The van der Waals surface area contributed by atoms with E-state index in [9.17, 15) is 13.2 Å². The number of ether oxygens (including phenoxy) is 1. The van der Waals surface area contributed by atoms with Crippen molar-refractivity contribution < 1.29 is 23.0 Å². The smallest absolute Gasteiger partial charge is 0.416 e. The van der Waals surface area contributed by atoms with Gasteiger partial charge in [0, 0.05) is 6.54 Å². The maximum absolute atomic E-state index is 12.4. The van der Waals surface area contributed by atoms with E-state index in [1.165, 1.54) is 0 Å². The third-order valence-electron chi connectivity index (χ3n) is 1.96. The lowest BCUT2D eigenvalue weighted by Crippen LogP contribution is -2.26. The summed E-state index contributed by atoms with van der Waals surface area (Å²) in [6.45, 7) is -0.256. The van der Waals surface area contributed by atoms with Crippen molar-refractivity contribution in [3.63, 3.8) is 0 Å². The summed E-state index contributed by atoms with van der Waals surface area (Å²) in [7, 11) is 0. The van der Waals surface area contributed by atoms with E-state index in [-0.39, 0.29) is 23.9 Å². The first-order valence-electron chi connectivity index (χ1n) is 4.72. The number of alkyl halides is 3. The van der Waals surface area contributed by atoms with Gasteiger partial charge in [-0.25, -0.2) is 0 Å². The van der Waals surface area contributed by atoms with Crippen molar-refractivity contribution in [2.24, 2.45) is 5.73 Å². The lowest BCUT2D eigenvalue weighted by Gasteiger charge is -2.13. The summed E-state index contributed by atoms with van der Waals surface area (Å²) in [5, 5.41) is 9.17. The zero-order chi connectivity index (χ0) is 13.1. The van der Waals surface area contributed by atoms with Crippen molar-refractivity contribution >= 4 is 11.6 Å². The van der Waals surface area contributed by atoms with Crippen LogP contribution in [0.3, 0.4) is 0 Å². The SMILES string of the molecule is NC[C@@H](O)COc1cc(C(F)(F)F)ccc1Cl. The fourth-order valence-electron chi connectivity index (χ4n) is 1.04. The summed E-state index contributed by atoms with van der Waals surface area (Å²) in [5.41, 5.74) is 4.27. The van der Waals surface area contributed by atoms with E-state index in [0.717, 1.165) is 18.2 Å². The summed E-state index contributed by atoms with van der Waals surface area (Å²) in [5.74, 6) is -0.131. The summed E-state index contributed by atoms with van der Waals surface area (Å²) >= 11 is 5.67. The molecule has 0 aliphatic heterocycles. The Bertz CT molecular complexity index is 384. The van der Waals surface area contributed by atoms with E-state index in [1.807, 2.05) is 0 Å². The predicted octanol–water partition coefficient (Wildman–Crippen LogP) is 2.06. The van der Waals surface area contributed by atoms with Crippen molar-refractivity contribution in [1.29, 1.82) is 0 Å². The first-order chi connectivity index (χ1) is 7.84. The van der Waals surface area contributed by atoms with E-state index < -0.39 is 17.8 Å². The normalized spacial score (nSPS) is 13.5. The van der Waals surface area contributed by atoms with Crippen LogP contribution in [0.2, 0.25) is 5.02 Å². The number of hydrogen-bond acceptors (Lipinski definition) is 3. The number of hydrogen-bond donors (Lipinski definition) is 2. The van der Waals surface area contributed by atoms with E-state index in [4.69, 9.17) is 27.2 Å².